The molecule has 0 saturated carbocycles. The van der Waals surface area contributed by atoms with Gasteiger partial charge in [0.25, 0.3) is 5.91 Å². The van der Waals surface area contributed by atoms with E-state index in [9.17, 15) is 9.59 Å². The molecule has 0 unspecified atom stereocenters. The predicted octanol–water partition coefficient (Wildman–Crippen LogP) is 2.70. The molecule has 2 aromatic rings. The van der Waals surface area contributed by atoms with Crippen molar-refractivity contribution >= 4 is 34.0 Å². The predicted molar refractivity (Wildman–Crippen MR) is 90.2 cm³/mol. The number of carbonyl (C=O) groups excluding carboxylic acids is 2. The molecule has 1 aromatic heterocycles. The second-order valence-electron chi connectivity index (χ2n) is 4.65. The topological polar surface area (TPSA) is 83.7 Å². The van der Waals surface area contributed by atoms with Crippen LogP contribution in [0.25, 0.3) is 0 Å². The lowest BCUT2D eigenvalue weighted by Crippen LogP contribution is -2.26. The van der Waals surface area contributed by atoms with Gasteiger partial charge in [-0.25, -0.2) is 5.43 Å². The van der Waals surface area contributed by atoms with Crippen molar-refractivity contribution in [3.63, 3.8) is 0 Å². The fraction of sp³-hybridized carbons (Fsp3) is 0.188. The number of nitrogens with one attached hydrogen (secondary N) is 2. The fourth-order valence-corrected chi connectivity index (χ4v) is 2.24. The first-order chi connectivity index (χ1) is 11.2. The number of halogens is 1. The highest BCUT2D eigenvalue weighted by molar-refractivity contribution is 9.10. The molecule has 6 nitrogen and oxygen atoms in total. The highest BCUT2D eigenvalue weighted by Gasteiger charge is 2.08. The number of furan rings is 1. The van der Waals surface area contributed by atoms with E-state index < -0.39 is 0 Å². The monoisotopic (exact) mass is 377 g/mol. The number of carbonyl (C=O) groups is 2. The second kappa shape index (κ2) is 8.89. The van der Waals surface area contributed by atoms with Crippen LogP contribution in [0.2, 0.25) is 0 Å². The standard InChI is InChI=1S/C16H16BrN3O3/c17-14-7-2-1-6-13(14)16(22)18-9-3-8-15(21)20-19-11-12-5-4-10-23-12/h1-2,4-7,10-11H,3,8-9H2,(H,18,22)(H,20,21). The molecule has 0 aliphatic carbocycles. The fourth-order valence-electron chi connectivity index (χ4n) is 1.78. The molecule has 0 aliphatic heterocycles. The van der Waals surface area contributed by atoms with Crippen LogP contribution >= 0.6 is 15.9 Å². The van der Waals surface area contributed by atoms with Gasteiger partial charge in [0.15, 0.2) is 0 Å². The van der Waals surface area contributed by atoms with Gasteiger partial charge in [0.1, 0.15) is 5.76 Å². The quantitative estimate of drug-likeness (QED) is 0.442. The lowest BCUT2D eigenvalue weighted by molar-refractivity contribution is -0.121. The zero-order chi connectivity index (χ0) is 16.5. The van der Waals surface area contributed by atoms with Crippen LogP contribution in [-0.4, -0.2) is 24.6 Å². The Labute approximate surface area is 142 Å². The molecule has 23 heavy (non-hydrogen) atoms. The minimum Gasteiger partial charge on any atom is -0.463 e. The molecule has 0 radical (unpaired) electrons. The van der Waals surface area contributed by atoms with Crippen LogP contribution < -0.4 is 10.7 Å². The van der Waals surface area contributed by atoms with E-state index in [1.165, 1.54) is 12.5 Å². The van der Waals surface area contributed by atoms with E-state index in [1.54, 1.807) is 30.3 Å². The number of benzene rings is 1. The Balaban J connectivity index is 1.64. The summed E-state index contributed by atoms with van der Waals surface area (Å²) in [5.74, 6) is 0.169. The molecule has 1 aromatic carbocycles. The summed E-state index contributed by atoms with van der Waals surface area (Å²) >= 11 is 3.33. The highest BCUT2D eigenvalue weighted by Crippen LogP contribution is 2.15. The zero-order valence-corrected chi connectivity index (χ0v) is 13.9. The molecule has 1 heterocycles. The van der Waals surface area contributed by atoms with Gasteiger partial charge in [-0.15, -0.1) is 0 Å². The minimum absolute atomic E-state index is 0.172. The molecule has 0 saturated heterocycles. The Morgan fingerprint density at radius 2 is 2.04 bits per heavy atom. The molecule has 2 amide bonds. The van der Waals surface area contributed by atoms with E-state index in [2.05, 4.69) is 31.8 Å². The highest BCUT2D eigenvalue weighted by atomic mass is 79.9. The Morgan fingerprint density at radius 3 is 2.78 bits per heavy atom. The average Bonchev–Trinajstić information content (AvgIpc) is 3.05. The molecular weight excluding hydrogens is 362 g/mol. The number of hydrogen-bond acceptors (Lipinski definition) is 4. The van der Waals surface area contributed by atoms with Crippen molar-refractivity contribution in [1.82, 2.24) is 10.7 Å². The minimum atomic E-state index is -0.219. The third kappa shape index (κ3) is 5.71. The summed E-state index contributed by atoms with van der Waals surface area (Å²) in [6, 6.07) is 10.6. The number of amides is 2. The third-order valence-corrected chi connectivity index (χ3v) is 3.60. The van der Waals surface area contributed by atoms with Crippen molar-refractivity contribution in [2.45, 2.75) is 12.8 Å². The van der Waals surface area contributed by atoms with E-state index in [4.69, 9.17) is 4.42 Å². The maximum absolute atomic E-state index is 11.9. The average molecular weight is 378 g/mol. The number of rotatable bonds is 7. The van der Waals surface area contributed by atoms with E-state index in [-0.39, 0.29) is 18.2 Å². The van der Waals surface area contributed by atoms with Crippen molar-refractivity contribution in [3.05, 3.63) is 58.5 Å². The number of hydrogen-bond donors (Lipinski definition) is 2. The zero-order valence-electron chi connectivity index (χ0n) is 12.3. The number of hydrazone groups is 1. The van der Waals surface area contributed by atoms with Gasteiger partial charge in [0.2, 0.25) is 5.91 Å². The first-order valence-corrected chi connectivity index (χ1v) is 7.84. The smallest absolute Gasteiger partial charge is 0.252 e. The van der Waals surface area contributed by atoms with Crippen LogP contribution in [-0.2, 0) is 4.79 Å². The Kier molecular flexibility index (Phi) is 6.56. The molecule has 2 rings (SSSR count). The molecule has 0 bridgehead atoms. The molecule has 0 spiro atoms. The summed E-state index contributed by atoms with van der Waals surface area (Å²) in [5.41, 5.74) is 2.97. The van der Waals surface area contributed by atoms with Crippen LogP contribution in [0, 0.1) is 0 Å². The van der Waals surface area contributed by atoms with Gasteiger partial charge in [-0.2, -0.15) is 5.10 Å². The van der Waals surface area contributed by atoms with Crippen molar-refractivity contribution in [1.29, 1.82) is 0 Å². The largest absolute Gasteiger partial charge is 0.463 e. The van der Waals surface area contributed by atoms with E-state index in [1.807, 2.05) is 6.07 Å². The summed E-state index contributed by atoms with van der Waals surface area (Å²) < 4.78 is 5.78. The molecule has 0 fully saturated rings. The van der Waals surface area contributed by atoms with Gasteiger partial charge in [-0.1, -0.05) is 12.1 Å². The summed E-state index contributed by atoms with van der Waals surface area (Å²) in [5, 5.41) is 6.55. The first-order valence-electron chi connectivity index (χ1n) is 7.05. The molecule has 0 atom stereocenters. The van der Waals surface area contributed by atoms with E-state index in [0.717, 1.165) is 4.47 Å². The van der Waals surface area contributed by atoms with Gasteiger partial charge in [-0.05, 0) is 46.6 Å². The molecule has 120 valence electrons. The summed E-state index contributed by atoms with van der Waals surface area (Å²) in [6.45, 7) is 0.412. The van der Waals surface area contributed by atoms with Gasteiger partial charge >= 0.3 is 0 Å². The van der Waals surface area contributed by atoms with Gasteiger partial charge < -0.3 is 9.73 Å². The van der Waals surface area contributed by atoms with E-state index in [0.29, 0.717) is 24.3 Å². The number of nitrogens with zero attached hydrogens (tertiary/aromatic N) is 1. The van der Waals surface area contributed by atoms with Gasteiger partial charge in [0, 0.05) is 17.4 Å². The van der Waals surface area contributed by atoms with Crippen LogP contribution in [0.15, 0.2) is 56.7 Å². The lowest BCUT2D eigenvalue weighted by atomic mass is 10.2. The Hall–Kier alpha value is -2.41. The molecule has 2 N–H and O–H groups in total. The summed E-state index contributed by atoms with van der Waals surface area (Å²) in [4.78, 5) is 23.5. The van der Waals surface area contributed by atoms with Crippen molar-refractivity contribution in [2.24, 2.45) is 5.10 Å². The summed E-state index contributed by atoms with van der Waals surface area (Å²) in [7, 11) is 0. The molecule has 7 heteroatoms. The van der Waals surface area contributed by atoms with Crippen molar-refractivity contribution < 1.29 is 14.0 Å². The third-order valence-electron chi connectivity index (χ3n) is 2.91. The first kappa shape index (κ1) is 17.0. The molecule has 0 aliphatic rings. The van der Waals surface area contributed by atoms with Gasteiger partial charge in [-0.3, -0.25) is 9.59 Å². The van der Waals surface area contributed by atoms with Crippen LogP contribution in [0.5, 0.6) is 0 Å². The van der Waals surface area contributed by atoms with Crippen molar-refractivity contribution in [3.8, 4) is 0 Å². The van der Waals surface area contributed by atoms with Crippen LogP contribution in [0.1, 0.15) is 29.0 Å². The SMILES string of the molecule is O=C(CCCNC(=O)c1ccccc1Br)NN=Cc1ccco1. The van der Waals surface area contributed by atoms with Crippen LogP contribution in [0.3, 0.4) is 0 Å². The maximum atomic E-state index is 11.9. The second-order valence-corrected chi connectivity index (χ2v) is 5.50. The van der Waals surface area contributed by atoms with Crippen molar-refractivity contribution in [2.75, 3.05) is 6.54 Å². The van der Waals surface area contributed by atoms with Crippen LogP contribution in [0.4, 0.5) is 0 Å². The van der Waals surface area contributed by atoms with E-state index >= 15 is 0 Å². The molecular formula is C16H16BrN3O3. The summed E-state index contributed by atoms with van der Waals surface area (Å²) in [6.07, 6.45) is 3.74. The maximum Gasteiger partial charge on any atom is 0.252 e. The van der Waals surface area contributed by atoms with Gasteiger partial charge in [0.05, 0.1) is 18.0 Å². The lowest BCUT2D eigenvalue weighted by Gasteiger charge is -2.06. The normalized spacial score (nSPS) is 10.7. The Morgan fingerprint density at radius 1 is 1.22 bits per heavy atom. The Bertz CT molecular complexity index is 684.